The van der Waals surface area contributed by atoms with Crippen LogP contribution in [0.3, 0.4) is 0 Å². The zero-order valence-corrected chi connectivity index (χ0v) is 22.2. The summed E-state index contributed by atoms with van der Waals surface area (Å²) in [7, 11) is -2.35. The Kier molecular flexibility index (Phi) is 8.56. The number of anilines is 1. The van der Waals surface area contributed by atoms with Gasteiger partial charge in [0.05, 0.1) is 12.6 Å². The number of ether oxygens (including phenoxy) is 1. The van der Waals surface area contributed by atoms with Crippen molar-refractivity contribution in [2.75, 3.05) is 38.6 Å². The number of halogens is 2. The van der Waals surface area contributed by atoms with Gasteiger partial charge >= 0.3 is 0 Å². The van der Waals surface area contributed by atoms with Crippen molar-refractivity contribution < 1.29 is 17.9 Å². The molecule has 1 aliphatic rings. The molecule has 3 aromatic rings. The van der Waals surface area contributed by atoms with E-state index < -0.39 is 10.0 Å². The maximum absolute atomic E-state index is 13.1. The summed E-state index contributed by atoms with van der Waals surface area (Å²) in [6, 6.07) is 12.0. The Morgan fingerprint density at radius 2 is 1.81 bits per heavy atom. The largest absolute Gasteiger partial charge is 0.495 e. The highest BCUT2D eigenvalue weighted by atomic mass is 35.5. The summed E-state index contributed by atoms with van der Waals surface area (Å²) in [6.07, 6.45) is 3.39. The highest BCUT2D eigenvalue weighted by Crippen LogP contribution is 2.32. The molecule has 0 atom stereocenters. The highest BCUT2D eigenvalue weighted by molar-refractivity contribution is 7.89. The zero-order chi connectivity index (χ0) is 25.7. The molecule has 4 rings (SSSR count). The Morgan fingerprint density at radius 3 is 2.56 bits per heavy atom. The molecular weight excluding hydrogens is 523 g/mol. The maximum atomic E-state index is 13.1. The number of nitrogens with one attached hydrogen (secondary N) is 2. The van der Waals surface area contributed by atoms with Crippen molar-refractivity contribution in [3.05, 3.63) is 58.7 Å². The van der Waals surface area contributed by atoms with Crippen LogP contribution in [0.15, 0.2) is 53.6 Å². The summed E-state index contributed by atoms with van der Waals surface area (Å²) in [5, 5.41) is 8.31. The predicted octanol–water partition coefficient (Wildman–Crippen LogP) is 4.57. The van der Waals surface area contributed by atoms with Gasteiger partial charge in [0.2, 0.25) is 15.9 Å². The first-order valence-corrected chi connectivity index (χ1v) is 13.9. The van der Waals surface area contributed by atoms with Gasteiger partial charge < -0.3 is 15.4 Å². The van der Waals surface area contributed by atoms with E-state index in [9.17, 15) is 13.2 Å². The van der Waals surface area contributed by atoms with Crippen molar-refractivity contribution in [2.24, 2.45) is 5.92 Å². The SMILES string of the molecule is COc1ccc(Cl)cc1S(=O)(=O)N1CCC(C(=O)NCCCNc2ccnc3cc(Cl)ccc23)CC1. The molecule has 192 valence electrons. The summed E-state index contributed by atoms with van der Waals surface area (Å²) in [5.41, 5.74) is 1.79. The summed E-state index contributed by atoms with van der Waals surface area (Å²) in [5.74, 6) is -0.0209. The number of pyridine rings is 1. The van der Waals surface area contributed by atoms with Crippen LogP contribution in [-0.4, -0.2) is 56.9 Å². The third kappa shape index (κ3) is 6.03. The fourth-order valence-electron chi connectivity index (χ4n) is 4.29. The number of carbonyl (C=O) groups is 1. The van der Waals surface area contributed by atoms with Crippen LogP contribution in [0.2, 0.25) is 10.0 Å². The van der Waals surface area contributed by atoms with E-state index in [0.717, 1.165) is 23.0 Å². The van der Waals surface area contributed by atoms with Crippen LogP contribution in [0, 0.1) is 5.92 Å². The normalized spacial score (nSPS) is 15.1. The van der Waals surface area contributed by atoms with E-state index >= 15 is 0 Å². The molecule has 1 aromatic heterocycles. The number of hydrogen-bond donors (Lipinski definition) is 2. The van der Waals surface area contributed by atoms with Gasteiger partial charge in [0.15, 0.2) is 0 Å². The van der Waals surface area contributed by atoms with Crippen molar-refractivity contribution in [3.8, 4) is 5.75 Å². The zero-order valence-electron chi connectivity index (χ0n) is 19.8. The second-order valence-corrected chi connectivity index (χ2v) is 11.3. The van der Waals surface area contributed by atoms with Gasteiger partial charge in [-0.1, -0.05) is 23.2 Å². The van der Waals surface area contributed by atoms with E-state index in [1.165, 1.54) is 23.5 Å². The monoisotopic (exact) mass is 550 g/mol. The Morgan fingerprint density at radius 1 is 1.08 bits per heavy atom. The molecule has 1 saturated heterocycles. The quantitative estimate of drug-likeness (QED) is 0.378. The smallest absolute Gasteiger partial charge is 0.246 e. The lowest BCUT2D eigenvalue weighted by atomic mass is 9.97. The second kappa shape index (κ2) is 11.6. The van der Waals surface area contributed by atoms with Gasteiger partial charge in [-0.05, 0) is 61.7 Å². The van der Waals surface area contributed by atoms with E-state index in [4.69, 9.17) is 27.9 Å². The van der Waals surface area contributed by atoms with E-state index in [1.54, 1.807) is 12.3 Å². The number of nitrogens with zero attached hydrogens (tertiary/aromatic N) is 2. The second-order valence-electron chi connectivity index (χ2n) is 8.56. The summed E-state index contributed by atoms with van der Waals surface area (Å²) in [6.45, 7) is 1.73. The van der Waals surface area contributed by atoms with Crippen LogP contribution >= 0.6 is 23.2 Å². The van der Waals surface area contributed by atoms with E-state index in [-0.39, 0.29) is 35.6 Å². The van der Waals surface area contributed by atoms with Crippen LogP contribution in [-0.2, 0) is 14.8 Å². The average Bonchev–Trinajstić information content (AvgIpc) is 2.88. The van der Waals surface area contributed by atoms with Crippen molar-refractivity contribution in [1.29, 1.82) is 0 Å². The number of aromatic nitrogens is 1. The van der Waals surface area contributed by atoms with E-state index in [1.807, 2.05) is 24.3 Å². The molecule has 36 heavy (non-hydrogen) atoms. The Balaban J connectivity index is 1.23. The first kappa shape index (κ1) is 26.5. The topological polar surface area (TPSA) is 101 Å². The van der Waals surface area contributed by atoms with E-state index in [2.05, 4.69) is 15.6 Å². The molecule has 2 N–H and O–H groups in total. The molecule has 2 aromatic carbocycles. The van der Waals surface area contributed by atoms with Gasteiger partial charge in [0.25, 0.3) is 0 Å². The maximum Gasteiger partial charge on any atom is 0.246 e. The molecule has 0 radical (unpaired) electrons. The third-order valence-corrected chi connectivity index (χ3v) is 8.63. The molecular formula is C25H28Cl2N4O4S. The number of rotatable bonds is 9. The van der Waals surface area contributed by atoms with Crippen LogP contribution in [0.4, 0.5) is 5.69 Å². The number of amides is 1. The fraction of sp³-hybridized carbons (Fsp3) is 0.360. The van der Waals surface area contributed by atoms with Crippen molar-refractivity contribution >= 4 is 55.7 Å². The number of fused-ring (bicyclic) bond motifs is 1. The minimum absolute atomic E-state index is 0.0398. The van der Waals surface area contributed by atoms with Crippen LogP contribution in [0.1, 0.15) is 19.3 Å². The summed E-state index contributed by atoms with van der Waals surface area (Å²) >= 11 is 12.1. The molecule has 2 heterocycles. The predicted molar refractivity (Wildman–Crippen MR) is 142 cm³/mol. The molecule has 0 unspecified atom stereocenters. The number of hydrogen-bond acceptors (Lipinski definition) is 6. The molecule has 8 nitrogen and oxygen atoms in total. The molecule has 0 spiro atoms. The average molecular weight is 551 g/mol. The van der Waals surface area contributed by atoms with Crippen molar-refractivity contribution in [2.45, 2.75) is 24.2 Å². The summed E-state index contributed by atoms with van der Waals surface area (Å²) in [4.78, 5) is 17.0. The fourth-order valence-corrected chi connectivity index (χ4v) is 6.35. The standard InChI is InChI=1S/C25H28Cl2N4O4S/c1-35-23-6-4-19(27)16-24(23)36(33,34)31-13-8-17(9-14-31)25(32)30-11-2-10-28-21-7-12-29-22-15-18(26)3-5-20(21)22/h3-7,12,15-17H,2,8-11,13-14H2,1H3,(H,28,29)(H,30,32). The van der Waals surface area contributed by atoms with Gasteiger partial charge in [-0.25, -0.2) is 8.42 Å². The van der Waals surface area contributed by atoms with Crippen LogP contribution in [0.5, 0.6) is 5.75 Å². The first-order chi connectivity index (χ1) is 17.3. The molecule has 0 saturated carbocycles. The lowest BCUT2D eigenvalue weighted by molar-refractivity contribution is -0.126. The number of benzene rings is 2. The van der Waals surface area contributed by atoms with Crippen LogP contribution < -0.4 is 15.4 Å². The van der Waals surface area contributed by atoms with Gasteiger partial charge in [-0.15, -0.1) is 0 Å². The van der Waals surface area contributed by atoms with Crippen LogP contribution in [0.25, 0.3) is 10.9 Å². The Labute approximate surface area is 221 Å². The van der Waals surface area contributed by atoms with Gasteiger partial charge in [-0.3, -0.25) is 9.78 Å². The Hall–Kier alpha value is -2.59. The van der Waals surface area contributed by atoms with Gasteiger partial charge in [0, 0.05) is 59.4 Å². The van der Waals surface area contributed by atoms with Crippen molar-refractivity contribution in [1.82, 2.24) is 14.6 Å². The molecule has 1 amide bonds. The lowest BCUT2D eigenvalue weighted by Crippen LogP contribution is -2.43. The molecule has 11 heteroatoms. The molecule has 1 aliphatic heterocycles. The number of sulfonamides is 1. The first-order valence-electron chi connectivity index (χ1n) is 11.7. The van der Waals surface area contributed by atoms with Gasteiger partial charge in [0.1, 0.15) is 10.6 Å². The lowest BCUT2D eigenvalue weighted by Gasteiger charge is -2.31. The van der Waals surface area contributed by atoms with Gasteiger partial charge in [-0.2, -0.15) is 4.31 Å². The molecule has 0 bridgehead atoms. The number of piperidine rings is 1. The van der Waals surface area contributed by atoms with E-state index in [0.29, 0.717) is 36.0 Å². The number of carbonyl (C=O) groups excluding carboxylic acids is 1. The van der Waals surface area contributed by atoms with Crippen molar-refractivity contribution in [3.63, 3.8) is 0 Å². The third-order valence-electron chi connectivity index (χ3n) is 6.24. The molecule has 1 fully saturated rings. The minimum atomic E-state index is -3.77. The minimum Gasteiger partial charge on any atom is -0.495 e. The molecule has 0 aliphatic carbocycles. The Bertz CT molecular complexity index is 1350. The highest BCUT2D eigenvalue weighted by Gasteiger charge is 2.33. The summed E-state index contributed by atoms with van der Waals surface area (Å²) < 4.78 is 32.9. The number of methoxy groups -OCH3 is 1.